The molecule has 1 aromatic carbocycles. The number of nitrogens with zero attached hydrogens (tertiary/aromatic N) is 1. The molecule has 0 amide bonds. The number of aromatic nitrogens is 2. The second-order valence-electron chi connectivity index (χ2n) is 4.16. The molecule has 6 N–H and O–H groups in total. The highest BCUT2D eigenvalue weighted by Gasteiger charge is 2.11. The Bertz CT molecular complexity index is 748. The molecule has 2 rings (SSSR count). The normalized spacial score (nSPS) is 10.5. The summed E-state index contributed by atoms with van der Waals surface area (Å²) in [4.78, 5) is 30.0. The van der Waals surface area contributed by atoms with E-state index >= 15 is 0 Å². The van der Waals surface area contributed by atoms with Crippen LogP contribution in [0.2, 0.25) is 0 Å². The van der Waals surface area contributed by atoms with E-state index < -0.39 is 5.97 Å². The van der Waals surface area contributed by atoms with Gasteiger partial charge >= 0.3 is 5.97 Å². The third kappa shape index (κ3) is 3.95. The maximum atomic E-state index is 11.7. The number of carboxylic acid groups (broad SMARTS) is 1. The summed E-state index contributed by atoms with van der Waals surface area (Å²) >= 11 is 2.67. The number of anilines is 2. The summed E-state index contributed by atoms with van der Waals surface area (Å²) < 4.78 is 0. The minimum absolute atomic E-state index is 0.0170. The predicted octanol–water partition coefficient (Wildman–Crippen LogP) is 1.52. The number of aromatic amines is 1. The van der Waals surface area contributed by atoms with Crippen LogP contribution in [0.25, 0.3) is 0 Å². The van der Waals surface area contributed by atoms with E-state index in [1.54, 1.807) is 24.3 Å². The molecule has 2 aromatic rings. The highest BCUT2D eigenvalue weighted by molar-refractivity contribution is 8.03. The van der Waals surface area contributed by atoms with E-state index in [1.165, 1.54) is 23.5 Å². The number of rotatable bonds is 6. The lowest BCUT2D eigenvalue weighted by Crippen LogP contribution is -2.16. The molecule has 0 aliphatic heterocycles. The molecule has 9 heteroatoms. The van der Waals surface area contributed by atoms with Gasteiger partial charge in [0.25, 0.3) is 5.56 Å². The quantitative estimate of drug-likeness (QED) is 0.460. The zero-order chi connectivity index (χ0) is 16.1. The van der Waals surface area contributed by atoms with Gasteiger partial charge < -0.3 is 16.6 Å². The van der Waals surface area contributed by atoms with Gasteiger partial charge in [-0.2, -0.15) is 4.98 Å². The zero-order valence-electron chi connectivity index (χ0n) is 11.4. The predicted molar refractivity (Wildman–Crippen MR) is 88.5 cm³/mol. The molecule has 0 fully saturated rings. The van der Waals surface area contributed by atoms with Crippen molar-refractivity contribution < 1.29 is 9.90 Å². The minimum atomic E-state index is -0.959. The standard InChI is InChI=1S/C13H14N4O3S2/c14-10-9(11(18)17-13(15)16-10)22-6-5-21-8-4-2-1-3-7(8)12(19)20/h1-4H,5-6H2,(H,19,20)(H5,14,15,16,17,18). The fraction of sp³-hybridized carbons (Fsp3) is 0.154. The summed E-state index contributed by atoms with van der Waals surface area (Å²) in [5.74, 6) is 0.327. The van der Waals surface area contributed by atoms with Gasteiger partial charge in [-0.25, -0.2) is 4.79 Å². The number of hydrogen-bond acceptors (Lipinski definition) is 7. The first kappa shape index (κ1) is 16.2. The summed E-state index contributed by atoms with van der Waals surface area (Å²) in [7, 11) is 0. The van der Waals surface area contributed by atoms with Crippen molar-refractivity contribution in [3.63, 3.8) is 0 Å². The molecule has 0 bridgehead atoms. The van der Waals surface area contributed by atoms with E-state index in [9.17, 15) is 9.59 Å². The first-order valence-electron chi connectivity index (χ1n) is 6.22. The van der Waals surface area contributed by atoms with E-state index in [2.05, 4.69) is 9.97 Å². The number of carbonyl (C=O) groups is 1. The van der Waals surface area contributed by atoms with E-state index in [4.69, 9.17) is 16.6 Å². The lowest BCUT2D eigenvalue weighted by atomic mass is 10.2. The van der Waals surface area contributed by atoms with Gasteiger partial charge in [0.05, 0.1) is 5.56 Å². The molecule has 1 heterocycles. The van der Waals surface area contributed by atoms with Crippen LogP contribution in [0.15, 0.2) is 38.9 Å². The average Bonchev–Trinajstić information content (AvgIpc) is 2.45. The van der Waals surface area contributed by atoms with Crippen molar-refractivity contribution in [3.05, 3.63) is 40.2 Å². The molecule has 0 spiro atoms. The van der Waals surface area contributed by atoms with Crippen molar-refractivity contribution in [1.29, 1.82) is 0 Å². The molecule has 0 aliphatic carbocycles. The van der Waals surface area contributed by atoms with Crippen LogP contribution in [0.5, 0.6) is 0 Å². The number of benzene rings is 1. The van der Waals surface area contributed by atoms with Gasteiger partial charge in [0.1, 0.15) is 10.7 Å². The van der Waals surface area contributed by atoms with Crippen molar-refractivity contribution in [3.8, 4) is 0 Å². The molecule has 116 valence electrons. The number of nitrogens with two attached hydrogens (primary N) is 2. The molecule has 22 heavy (non-hydrogen) atoms. The van der Waals surface area contributed by atoms with Gasteiger partial charge in [-0.1, -0.05) is 12.1 Å². The topological polar surface area (TPSA) is 135 Å². The summed E-state index contributed by atoms with van der Waals surface area (Å²) in [5.41, 5.74) is 10.9. The lowest BCUT2D eigenvalue weighted by molar-refractivity contribution is 0.0693. The molecule has 0 unspecified atom stereocenters. The van der Waals surface area contributed by atoms with Crippen LogP contribution in [0.1, 0.15) is 10.4 Å². The van der Waals surface area contributed by atoms with Gasteiger partial charge in [0.15, 0.2) is 0 Å². The average molecular weight is 338 g/mol. The Morgan fingerprint density at radius 2 is 1.91 bits per heavy atom. The first-order valence-corrected chi connectivity index (χ1v) is 8.19. The monoisotopic (exact) mass is 338 g/mol. The SMILES string of the molecule is Nc1nc(N)c(SCCSc2ccccc2C(=O)O)c(=O)[nH]1. The molecule has 0 radical (unpaired) electrons. The second kappa shape index (κ2) is 7.23. The summed E-state index contributed by atoms with van der Waals surface area (Å²) in [6.45, 7) is 0. The number of H-pyrrole nitrogens is 1. The maximum absolute atomic E-state index is 11.7. The molecule has 0 aliphatic rings. The molecule has 0 atom stereocenters. The minimum Gasteiger partial charge on any atom is -0.478 e. The number of aromatic carboxylic acids is 1. The molecular formula is C13H14N4O3S2. The van der Waals surface area contributed by atoms with E-state index in [0.29, 0.717) is 21.3 Å². The fourth-order valence-corrected chi connectivity index (χ4v) is 3.65. The molecular weight excluding hydrogens is 324 g/mol. The Morgan fingerprint density at radius 3 is 2.59 bits per heavy atom. The van der Waals surface area contributed by atoms with Crippen molar-refractivity contribution in [1.82, 2.24) is 9.97 Å². The number of thioether (sulfide) groups is 2. The largest absolute Gasteiger partial charge is 0.478 e. The van der Waals surface area contributed by atoms with Crippen molar-refractivity contribution in [2.45, 2.75) is 9.79 Å². The Morgan fingerprint density at radius 1 is 1.23 bits per heavy atom. The van der Waals surface area contributed by atoms with Gasteiger partial charge in [0.2, 0.25) is 5.95 Å². The molecule has 1 aromatic heterocycles. The van der Waals surface area contributed by atoms with Crippen LogP contribution in [0.4, 0.5) is 11.8 Å². The lowest BCUT2D eigenvalue weighted by Gasteiger charge is -2.06. The van der Waals surface area contributed by atoms with Crippen molar-refractivity contribution >= 4 is 41.3 Å². The van der Waals surface area contributed by atoms with Crippen molar-refractivity contribution in [2.75, 3.05) is 23.0 Å². The molecule has 0 saturated heterocycles. The van der Waals surface area contributed by atoms with Crippen LogP contribution in [-0.2, 0) is 0 Å². The highest BCUT2D eigenvalue weighted by Crippen LogP contribution is 2.26. The first-order chi connectivity index (χ1) is 10.5. The third-order valence-electron chi connectivity index (χ3n) is 2.63. The van der Waals surface area contributed by atoms with Crippen LogP contribution < -0.4 is 17.0 Å². The summed E-state index contributed by atoms with van der Waals surface area (Å²) in [5, 5.41) is 9.10. The van der Waals surface area contributed by atoms with Gasteiger partial charge in [0, 0.05) is 16.4 Å². The highest BCUT2D eigenvalue weighted by atomic mass is 32.2. The molecule has 0 saturated carbocycles. The van der Waals surface area contributed by atoms with Crippen molar-refractivity contribution in [2.24, 2.45) is 0 Å². The molecule has 7 nitrogen and oxygen atoms in total. The Hall–Kier alpha value is -2.13. The van der Waals surface area contributed by atoms with E-state index in [0.717, 1.165) is 0 Å². The second-order valence-corrected chi connectivity index (χ2v) is 6.41. The van der Waals surface area contributed by atoms with Gasteiger partial charge in [-0.05, 0) is 12.1 Å². The fourth-order valence-electron chi connectivity index (χ4n) is 1.70. The zero-order valence-corrected chi connectivity index (χ0v) is 13.0. The Kier molecular flexibility index (Phi) is 5.34. The third-order valence-corrected chi connectivity index (χ3v) is 5.05. The van der Waals surface area contributed by atoms with Crippen LogP contribution in [0.3, 0.4) is 0 Å². The van der Waals surface area contributed by atoms with Crippen LogP contribution in [-0.4, -0.2) is 32.5 Å². The summed E-state index contributed by atoms with van der Waals surface area (Å²) in [6.07, 6.45) is 0. The number of hydrogen-bond donors (Lipinski definition) is 4. The number of nitrogens with one attached hydrogen (secondary N) is 1. The summed E-state index contributed by atoms with van der Waals surface area (Å²) in [6, 6.07) is 6.78. The maximum Gasteiger partial charge on any atom is 0.336 e. The Labute approximate surface area is 134 Å². The van der Waals surface area contributed by atoms with Crippen LogP contribution in [0, 0.1) is 0 Å². The van der Waals surface area contributed by atoms with Gasteiger partial charge in [-0.15, -0.1) is 23.5 Å². The number of carboxylic acids is 1. The Balaban J connectivity index is 1.96. The smallest absolute Gasteiger partial charge is 0.336 e. The van der Waals surface area contributed by atoms with Gasteiger partial charge in [-0.3, -0.25) is 9.78 Å². The van der Waals surface area contributed by atoms with E-state index in [1.807, 2.05) is 0 Å². The van der Waals surface area contributed by atoms with E-state index in [-0.39, 0.29) is 22.9 Å². The number of nitrogen functional groups attached to an aromatic ring is 2. The van der Waals surface area contributed by atoms with Crippen LogP contribution >= 0.6 is 23.5 Å².